The average molecular weight is 628 g/mol. The second-order valence-electron chi connectivity index (χ2n) is 11.9. The molecule has 1 heterocycles. The van der Waals surface area contributed by atoms with Crippen LogP contribution in [0.2, 0.25) is 0 Å². The van der Waals surface area contributed by atoms with Crippen molar-refractivity contribution < 1.29 is 0 Å². The topological polar surface area (TPSA) is 52.5 Å². The normalized spacial score (nSPS) is 11.3. The highest BCUT2D eigenvalue weighted by molar-refractivity contribution is 7.20. The zero-order valence-electron chi connectivity index (χ0n) is 26.1. The molecule has 4 heteroatoms. The Morgan fingerprint density at radius 1 is 0.438 bits per heavy atom. The monoisotopic (exact) mass is 627 g/mol. The molecular weight excluding hydrogens is 599 g/mol. The Morgan fingerprint density at radius 2 is 0.938 bits per heavy atom. The molecule has 8 aromatic rings. The summed E-state index contributed by atoms with van der Waals surface area (Å²) in [6.07, 6.45) is 0. The summed E-state index contributed by atoms with van der Waals surface area (Å²) in [4.78, 5) is 0. The average Bonchev–Trinajstić information content (AvgIpc) is 3.50. The smallest absolute Gasteiger partial charge is 0.180 e. The molecule has 8 rings (SSSR count). The molecule has 0 N–H and O–H groups in total. The fourth-order valence-electron chi connectivity index (χ4n) is 7.44. The van der Waals surface area contributed by atoms with Crippen molar-refractivity contribution in [3.05, 3.63) is 187 Å². The summed E-state index contributed by atoms with van der Waals surface area (Å²) in [7, 11) is -3.00. The van der Waals surface area contributed by atoms with Crippen molar-refractivity contribution in [2.24, 2.45) is 0 Å². The van der Waals surface area contributed by atoms with Gasteiger partial charge in [-0.05, 0) is 45.0 Å². The fraction of sp³-hybridized carbons (Fsp3) is 0. The van der Waals surface area contributed by atoms with Crippen LogP contribution in [0.15, 0.2) is 176 Å². The molecule has 0 unspecified atom stereocenters. The number of hydrogen-bond acceptors (Lipinski definition) is 2. The van der Waals surface area contributed by atoms with E-state index in [4.69, 9.17) is 0 Å². The molecule has 0 aliphatic heterocycles. The van der Waals surface area contributed by atoms with Crippen LogP contribution in [0.25, 0.3) is 38.6 Å². The van der Waals surface area contributed by atoms with Crippen molar-refractivity contribution in [2.45, 2.75) is 0 Å². The zero-order chi connectivity index (χ0) is 32.5. The van der Waals surface area contributed by atoms with Crippen LogP contribution in [-0.4, -0.2) is 12.6 Å². The molecule has 0 saturated heterocycles. The minimum absolute atomic E-state index is 0.562. The molecule has 0 aliphatic carbocycles. The zero-order valence-corrected chi connectivity index (χ0v) is 27.1. The summed E-state index contributed by atoms with van der Waals surface area (Å²) in [5.74, 6) is 0. The number of hydrogen-bond donors (Lipinski definition) is 0. The number of benzene rings is 7. The van der Waals surface area contributed by atoms with Crippen molar-refractivity contribution in [2.75, 3.05) is 0 Å². The highest BCUT2D eigenvalue weighted by atomic mass is 28.3. The van der Waals surface area contributed by atoms with Crippen molar-refractivity contribution in [1.82, 2.24) is 4.57 Å². The molecule has 0 spiro atoms. The number of rotatable bonds is 6. The highest BCUT2D eigenvalue weighted by Gasteiger charge is 2.43. The first kappa shape index (κ1) is 29.0. The summed E-state index contributed by atoms with van der Waals surface area (Å²) in [5.41, 5.74) is 5.91. The third-order valence-corrected chi connectivity index (χ3v) is 14.3. The van der Waals surface area contributed by atoms with Crippen LogP contribution in [0, 0.1) is 22.7 Å². The molecule has 0 bridgehead atoms. The van der Waals surface area contributed by atoms with E-state index in [-0.39, 0.29) is 0 Å². The van der Waals surface area contributed by atoms with Crippen LogP contribution in [0.1, 0.15) is 11.1 Å². The van der Waals surface area contributed by atoms with E-state index >= 15 is 0 Å². The Bertz CT molecular complexity index is 2370. The maximum absolute atomic E-state index is 11.2. The van der Waals surface area contributed by atoms with Crippen molar-refractivity contribution in [3.63, 3.8) is 0 Å². The summed E-state index contributed by atoms with van der Waals surface area (Å²) in [6, 6.07) is 66.0. The van der Waals surface area contributed by atoms with Gasteiger partial charge in [-0.3, -0.25) is 0 Å². The largest absolute Gasteiger partial charge is 0.309 e. The van der Waals surface area contributed by atoms with Gasteiger partial charge in [0.15, 0.2) is 8.07 Å². The van der Waals surface area contributed by atoms with Crippen LogP contribution in [0.3, 0.4) is 0 Å². The van der Waals surface area contributed by atoms with E-state index in [1.807, 2.05) is 30.3 Å². The van der Waals surface area contributed by atoms with Gasteiger partial charge < -0.3 is 4.57 Å². The molecule has 3 nitrogen and oxygen atoms in total. The van der Waals surface area contributed by atoms with Gasteiger partial charge in [-0.15, -0.1) is 0 Å². The van der Waals surface area contributed by atoms with E-state index in [9.17, 15) is 10.5 Å². The first-order chi connectivity index (χ1) is 23.8. The van der Waals surface area contributed by atoms with Crippen molar-refractivity contribution in [3.8, 4) is 29.0 Å². The minimum atomic E-state index is -3.00. The number of nitriles is 2. The molecular formula is C44H29N3Si. The number of nitrogens with zero attached hydrogens (tertiary/aromatic N) is 3. The van der Waals surface area contributed by atoms with Crippen LogP contribution in [0.5, 0.6) is 0 Å². The molecule has 0 fully saturated rings. The maximum Gasteiger partial charge on any atom is 0.180 e. The van der Waals surface area contributed by atoms with Gasteiger partial charge in [0.25, 0.3) is 0 Å². The van der Waals surface area contributed by atoms with Gasteiger partial charge in [-0.2, -0.15) is 10.5 Å². The molecule has 0 amide bonds. The van der Waals surface area contributed by atoms with Gasteiger partial charge in [-0.25, -0.2) is 0 Å². The van der Waals surface area contributed by atoms with E-state index in [1.165, 1.54) is 15.6 Å². The highest BCUT2D eigenvalue weighted by Crippen LogP contribution is 2.37. The molecule has 0 saturated carbocycles. The van der Waals surface area contributed by atoms with Crippen LogP contribution >= 0.6 is 0 Å². The lowest BCUT2D eigenvalue weighted by atomic mass is 9.97. The Morgan fingerprint density at radius 3 is 1.44 bits per heavy atom. The number of para-hydroxylation sites is 2. The van der Waals surface area contributed by atoms with Gasteiger partial charge in [0.05, 0.1) is 40.0 Å². The Labute approximate surface area is 280 Å². The molecule has 0 aliphatic rings. The van der Waals surface area contributed by atoms with Crippen LogP contribution in [0.4, 0.5) is 0 Å². The molecule has 1 aromatic heterocycles. The summed E-state index contributed by atoms with van der Waals surface area (Å²) < 4.78 is 2.24. The van der Waals surface area contributed by atoms with Gasteiger partial charge in [0, 0.05) is 21.9 Å². The lowest BCUT2D eigenvalue weighted by molar-refractivity contribution is 1.18. The van der Waals surface area contributed by atoms with Crippen LogP contribution < -0.4 is 20.7 Å². The number of aromatic nitrogens is 1. The standard InChI is InChI=1S/C44H29N3Si/c45-30-32-27-28-39(43(29-32)47-41-24-12-10-21-37(41)38-22-11-13-25-42(38)47)36-23-14-26-44(40(36)31-46)48(33-15-4-1-5-16-33,34-17-6-2-7-18-34)35-19-8-3-9-20-35/h1-29H. The van der Waals surface area contributed by atoms with E-state index in [0.29, 0.717) is 11.1 Å². The summed E-state index contributed by atoms with van der Waals surface area (Å²) >= 11 is 0. The van der Waals surface area contributed by atoms with Gasteiger partial charge >= 0.3 is 0 Å². The van der Waals surface area contributed by atoms with E-state index in [2.05, 4.69) is 162 Å². The summed E-state index contributed by atoms with van der Waals surface area (Å²) in [6.45, 7) is 0. The Kier molecular flexibility index (Phi) is 7.27. The van der Waals surface area contributed by atoms with Gasteiger partial charge in [-0.1, -0.05) is 152 Å². The third-order valence-electron chi connectivity index (χ3n) is 9.44. The maximum atomic E-state index is 11.2. The molecule has 7 aromatic carbocycles. The lowest BCUT2D eigenvalue weighted by Crippen LogP contribution is -2.75. The number of fused-ring (bicyclic) bond motifs is 3. The van der Waals surface area contributed by atoms with Gasteiger partial charge in [0.2, 0.25) is 0 Å². The predicted molar refractivity (Wildman–Crippen MR) is 199 cm³/mol. The van der Waals surface area contributed by atoms with E-state index in [0.717, 1.165) is 43.8 Å². The lowest BCUT2D eigenvalue weighted by Gasteiger charge is -2.35. The van der Waals surface area contributed by atoms with Crippen molar-refractivity contribution >= 4 is 50.6 Å². The fourth-order valence-corrected chi connectivity index (χ4v) is 12.4. The Balaban J connectivity index is 1.49. The SMILES string of the molecule is N#Cc1ccc(-c2cccc([Si](c3ccccc3)(c3ccccc3)c3ccccc3)c2C#N)c(-n2c3ccccc3c3ccccc32)c1. The third kappa shape index (κ3) is 4.48. The quantitative estimate of drug-likeness (QED) is 0.141. The first-order valence-electron chi connectivity index (χ1n) is 16.0. The second kappa shape index (κ2) is 12.0. The van der Waals surface area contributed by atoms with Gasteiger partial charge in [0.1, 0.15) is 0 Å². The second-order valence-corrected chi connectivity index (χ2v) is 15.7. The van der Waals surface area contributed by atoms with Crippen molar-refractivity contribution in [1.29, 1.82) is 10.5 Å². The van der Waals surface area contributed by atoms with E-state index < -0.39 is 8.07 Å². The first-order valence-corrected chi connectivity index (χ1v) is 18.0. The molecule has 48 heavy (non-hydrogen) atoms. The molecule has 0 radical (unpaired) electrons. The molecule has 0 atom stereocenters. The summed E-state index contributed by atoms with van der Waals surface area (Å²) in [5, 5.41) is 28.2. The van der Waals surface area contributed by atoms with Crippen LogP contribution in [-0.2, 0) is 0 Å². The minimum Gasteiger partial charge on any atom is -0.309 e. The predicted octanol–water partition coefficient (Wildman–Crippen LogP) is 7.57. The molecule has 224 valence electrons. The van der Waals surface area contributed by atoms with E-state index in [1.54, 1.807) is 0 Å². The Hall–Kier alpha value is -6.46.